The Morgan fingerprint density at radius 2 is 1.68 bits per heavy atom. The van der Waals surface area contributed by atoms with Gasteiger partial charge in [-0.3, -0.25) is 4.79 Å². The standard InChI is InChI=1S/C30H43F3N4O3/c1-4-6-10-23(31)11-12-27(36-30(40)35-3)29(39)37(18-21-9-7-8-20(5-2)13-21)19-28(38)26(34)16-22-14-24(32)17-25(33)15-22/h7-9,13-15,17,23,26-28,38H,4-6,10-12,16,18-19,34H2,1-3H3,(H2,35,36,40)/t23?,26-,27+,28+/m0/s1. The Morgan fingerprint density at radius 1 is 1.00 bits per heavy atom. The van der Waals surface area contributed by atoms with Crippen molar-refractivity contribution >= 4 is 11.9 Å². The van der Waals surface area contributed by atoms with Crippen molar-refractivity contribution in [3.05, 3.63) is 70.8 Å². The van der Waals surface area contributed by atoms with E-state index >= 15 is 0 Å². The van der Waals surface area contributed by atoms with E-state index in [4.69, 9.17) is 5.73 Å². The van der Waals surface area contributed by atoms with E-state index in [2.05, 4.69) is 10.6 Å². The Bertz CT molecular complexity index is 1070. The molecule has 40 heavy (non-hydrogen) atoms. The van der Waals surface area contributed by atoms with Gasteiger partial charge in [0, 0.05) is 32.2 Å². The van der Waals surface area contributed by atoms with Crippen LogP contribution in [0.25, 0.3) is 0 Å². The number of aliphatic hydroxyl groups is 1. The number of carbonyl (C=O) groups is 2. The molecule has 0 bridgehead atoms. The highest BCUT2D eigenvalue weighted by Gasteiger charge is 2.30. The highest BCUT2D eigenvalue weighted by atomic mass is 19.1. The number of alkyl halides is 1. The highest BCUT2D eigenvalue weighted by molar-refractivity contribution is 5.87. The van der Waals surface area contributed by atoms with Crippen LogP contribution in [0.3, 0.4) is 0 Å². The number of rotatable bonds is 16. The van der Waals surface area contributed by atoms with Crippen LogP contribution in [0.1, 0.15) is 62.6 Å². The molecule has 10 heteroatoms. The number of nitrogens with two attached hydrogens (primary N) is 1. The summed E-state index contributed by atoms with van der Waals surface area (Å²) in [6.45, 7) is 3.90. The Morgan fingerprint density at radius 3 is 2.30 bits per heavy atom. The van der Waals surface area contributed by atoms with Gasteiger partial charge in [0.15, 0.2) is 0 Å². The fourth-order valence-electron chi connectivity index (χ4n) is 4.52. The molecule has 0 fully saturated rings. The van der Waals surface area contributed by atoms with Crippen LogP contribution in [-0.4, -0.2) is 59.9 Å². The van der Waals surface area contributed by atoms with Crippen molar-refractivity contribution in [2.24, 2.45) is 5.73 Å². The quantitative estimate of drug-likeness (QED) is 0.243. The van der Waals surface area contributed by atoms with E-state index in [1.165, 1.54) is 11.9 Å². The number of hydrogen-bond acceptors (Lipinski definition) is 4. The third-order valence-corrected chi connectivity index (χ3v) is 6.85. The van der Waals surface area contributed by atoms with Crippen molar-refractivity contribution < 1.29 is 27.9 Å². The monoisotopic (exact) mass is 564 g/mol. The Labute approximate surface area is 235 Å². The maximum absolute atomic E-state index is 14.5. The van der Waals surface area contributed by atoms with E-state index in [1.54, 1.807) is 0 Å². The number of unbranched alkanes of at least 4 members (excludes halogenated alkanes) is 1. The van der Waals surface area contributed by atoms with Crippen molar-refractivity contribution in [3.8, 4) is 0 Å². The summed E-state index contributed by atoms with van der Waals surface area (Å²) in [7, 11) is 1.42. The molecule has 0 radical (unpaired) electrons. The molecule has 0 aliphatic rings. The fraction of sp³-hybridized carbons (Fsp3) is 0.533. The van der Waals surface area contributed by atoms with Crippen molar-refractivity contribution in [3.63, 3.8) is 0 Å². The number of hydrogen-bond donors (Lipinski definition) is 4. The topological polar surface area (TPSA) is 108 Å². The minimum Gasteiger partial charge on any atom is -0.390 e. The first kappa shape index (κ1) is 33.1. The van der Waals surface area contributed by atoms with Crippen LogP contribution in [-0.2, 0) is 24.2 Å². The van der Waals surface area contributed by atoms with Gasteiger partial charge in [-0.1, -0.05) is 51.0 Å². The van der Waals surface area contributed by atoms with Crippen molar-refractivity contribution in [2.45, 2.75) is 89.7 Å². The largest absolute Gasteiger partial charge is 0.390 e. The van der Waals surface area contributed by atoms with Gasteiger partial charge in [-0.15, -0.1) is 0 Å². The number of aryl methyl sites for hydroxylation is 1. The van der Waals surface area contributed by atoms with Gasteiger partial charge in [-0.05, 0) is 60.9 Å². The van der Waals surface area contributed by atoms with Crippen LogP contribution in [0.5, 0.6) is 0 Å². The van der Waals surface area contributed by atoms with Gasteiger partial charge in [0.25, 0.3) is 0 Å². The van der Waals surface area contributed by atoms with Crippen molar-refractivity contribution in [2.75, 3.05) is 13.6 Å². The lowest BCUT2D eigenvalue weighted by atomic mass is 10.00. The molecule has 222 valence electrons. The Hall–Kier alpha value is -3.11. The summed E-state index contributed by atoms with van der Waals surface area (Å²) >= 11 is 0. The van der Waals surface area contributed by atoms with Crippen molar-refractivity contribution in [1.29, 1.82) is 0 Å². The van der Waals surface area contributed by atoms with Gasteiger partial charge in [0.2, 0.25) is 5.91 Å². The molecular formula is C30H43F3N4O3. The number of nitrogens with zero attached hydrogens (tertiary/aromatic N) is 1. The summed E-state index contributed by atoms with van der Waals surface area (Å²) in [4.78, 5) is 27.4. The molecule has 2 aromatic carbocycles. The van der Waals surface area contributed by atoms with Crippen LogP contribution < -0.4 is 16.4 Å². The minimum atomic E-state index is -1.25. The van der Waals surface area contributed by atoms with Gasteiger partial charge in [0.05, 0.1) is 6.10 Å². The third kappa shape index (κ3) is 11.2. The van der Waals surface area contributed by atoms with E-state index in [1.807, 2.05) is 38.1 Å². The lowest BCUT2D eigenvalue weighted by Crippen LogP contribution is -2.53. The molecule has 2 aromatic rings. The third-order valence-electron chi connectivity index (χ3n) is 6.85. The molecule has 2 rings (SSSR count). The Kier molecular flexibility index (Phi) is 14.0. The maximum atomic E-state index is 14.5. The molecule has 0 saturated carbocycles. The molecule has 0 aliphatic carbocycles. The second-order valence-corrected chi connectivity index (χ2v) is 10.2. The number of nitrogens with one attached hydrogen (secondary N) is 2. The average Bonchev–Trinajstić information content (AvgIpc) is 2.92. The number of carbonyl (C=O) groups excluding carboxylic acids is 2. The molecule has 4 atom stereocenters. The maximum Gasteiger partial charge on any atom is 0.315 e. The molecular weight excluding hydrogens is 521 g/mol. The van der Waals surface area contributed by atoms with Crippen LogP contribution in [0.4, 0.5) is 18.0 Å². The summed E-state index contributed by atoms with van der Waals surface area (Å²) in [5, 5.41) is 16.0. The molecule has 0 saturated heterocycles. The molecule has 3 amide bonds. The zero-order valence-corrected chi connectivity index (χ0v) is 23.6. The summed E-state index contributed by atoms with van der Waals surface area (Å²) in [6, 6.07) is 8.12. The molecule has 5 N–H and O–H groups in total. The van der Waals surface area contributed by atoms with Gasteiger partial charge in [0.1, 0.15) is 23.8 Å². The van der Waals surface area contributed by atoms with Gasteiger partial charge in [-0.25, -0.2) is 18.0 Å². The second kappa shape index (κ2) is 16.9. The molecule has 7 nitrogen and oxygen atoms in total. The predicted octanol–water partition coefficient (Wildman–Crippen LogP) is 4.39. The van der Waals surface area contributed by atoms with E-state index in [-0.39, 0.29) is 37.9 Å². The first-order valence-corrected chi connectivity index (χ1v) is 13.9. The highest BCUT2D eigenvalue weighted by Crippen LogP contribution is 2.17. The summed E-state index contributed by atoms with van der Waals surface area (Å²) < 4.78 is 41.8. The number of halogens is 3. The van der Waals surface area contributed by atoms with E-state index < -0.39 is 47.9 Å². The van der Waals surface area contributed by atoms with Crippen LogP contribution >= 0.6 is 0 Å². The molecule has 0 spiro atoms. The van der Waals surface area contributed by atoms with E-state index in [0.29, 0.717) is 6.42 Å². The molecule has 0 aromatic heterocycles. The second-order valence-electron chi connectivity index (χ2n) is 10.2. The lowest BCUT2D eigenvalue weighted by Gasteiger charge is -2.32. The lowest BCUT2D eigenvalue weighted by molar-refractivity contribution is -0.135. The SMILES string of the molecule is CCCCC(F)CC[C@@H](NC(=O)NC)C(=O)N(Cc1cccc(CC)c1)C[C@@H](O)[C@@H](N)Cc1cc(F)cc(F)c1. The van der Waals surface area contributed by atoms with E-state index in [9.17, 15) is 27.9 Å². The zero-order valence-electron chi connectivity index (χ0n) is 23.6. The zero-order chi connectivity index (χ0) is 29.7. The summed E-state index contributed by atoms with van der Waals surface area (Å²) in [5.41, 5.74) is 8.35. The predicted molar refractivity (Wildman–Crippen MR) is 150 cm³/mol. The Balaban J connectivity index is 2.27. The molecule has 1 unspecified atom stereocenters. The smallest absolute Gasteiger partial charge is 0.315 e. The van der Waals surface area contributed by atoms with Gasteiger partial charge >= 0.3 is 6.03 Å². The number of urea groups is 1. The number of amides is 3. The minimum absolute atomic E-state index is 0.0237. The summed E-state index contributed by atoms with van der Waals surface area (Å²) in [5.74, 6) is -1.99. The average molecular weight is 565 g/mol. The van der Waals surface area contributed by atoms with Crippen LogP contribution in [0.15, 0.2) is 42.5 Å². The summed E-state index contributed by atoms with van der Waals surface area (Å²) in [6.07, 6.45) is 0.525. The normalized spacial score (nSPS) is 14.2. The van der Waals surface area contributed by atoms with Crippen LogP contribution in [0.2, 0.25) is 0 Å². The molecule has 0 heterocycles. The number of benzene rings is 2. The van der Waals surface area contributed by atoms with E-state index in [0.717, 1.165) is 48.6 Å². The van der Waals surface area contributed by atoms with Gasteiger partial charge in [-0.2, -0.15) is 0 Å². The first-order chi connectivity index (χ1) is 19.1. The molecule has 0 aliphatic heterocycles. The number of aliphatic hydroxyl groups excluding tert-OH is 1. The van der Waals surface area contributed by atoms with Crippen LogP contribution in [0, 0.1) is 11.6 Å². The fourth-order valence-corrected chi connectivity index (χ4v) is 4.52. The van der Waals surface area contributed by atoms with Crippen molar-refractivity contribution in [1.82, 2.24) is 15.5 Å². The first-order valence-electron chi connectivity index (χ1n) is 13.9. The van der Waals surface area contributed by atoms with Gasteiger partial charge < -0.3 is 26.4 Å².